The fourth-order valence-corrected chi connectivity index (χ4v) is 13.3. The first-order valence-corrected chi connectivity index (χ1v) is 25.1. The molecule has 6 rings (SSSR count). The van der Waals surface area contributed by atoms with Crippen LogP contribution in [0.25, 0.3) is 0 Å². The van der Waals surface area contributed by atoms with Crippen LogP contribution in [-0.4, -0.2) is 106 Å². The standard InChI is InChI=1S/C47H76N2O13S/c1-13-33(43(52)53)35-17-16-25(4)40(58-35)29(8)38(50)28(7)39(51)34(14-2)41-26(5)24-27(6)46(59-41)21-18-36(49-63(55,56)42-30(9)48-60-31(42)10)47(62-46)23-22-44(12,61-47)37-19-20-45(54,15-3)32(11)57-37/h18,21,25-29,32-38,40-41,49-50,54H,13-17,19-20,22-24H2,1-12H3,(H,52,53)/t25-,26-,27+,28-,29-,32-,33+,34-,35+,36+,37+,38+,40+,41-,44-,45+,46-,47-/m0/s1. The van der Waals surface area contributed by atoms with Gasteiger partial charge in [0.05, 0.1) is 59.8 Å². The molecule has 15 nitrogen and oxygen atoms in total. The van der Waals surface area contributed by atoms with Gasteiger partial charge >= 0.3 is 5.97 Å². The Morgan fingerprint density at radius 2 is 1.62 bits per heavy atom. The number of aliphatic carboxylic acids is 1. The smallest absolute Gasteiger partial charge is 0.309 e. The maximum absolute atomic E-state index is 14.7. The lowest BCUT2D eigenvalue weighted by Crippen LogP contribution is -2.65. The Bertz CT molecular complexity index is 1920. The number of aryl methyl sites for hydroxylation is 2. The molecule has 0 saturated carbocycles. The minimum atomic E-state index is -4.21. The molecule has 1 aromatic heterocycles. The minimum Gasteiger partial charge on any atom is -0.481 e. The SMILES string of the molecule is CC[C@@H](C(=O)[C@@H](C)[C@@H](O)[C@H](C)[C@@H]1O[C@@H]([C@@H](CC)C(=O)O)CC[C@@H]1C)[C@H]1O[C@]2(C=C[C@@H](NS(=O)(=O)c3c(C)noc3C)[C@]3(CC[C@@](C)([C@H]4CC[C@](O)(CC)[C@H](C)O4)O3)O2)[C@H](C)C[C@@H]1C. The summed E-state index contributed by atoms with van der Waals surface area (Å²) < 4.78 is 70.7. The Morgan fingerprint density at radius 1 is 0.937 bits per heavy atom. The maximum Gasteiger partial charge on any atom is 0.309 e. The molecule has 2 spiro atoms. The normalized spacial score (nSPS) is 41.0. The molecular formula is C47H76N2O13S. The topological polar surface area (TPSA) is 213 Å². The Hall–Kier alpha value is -2.28. The predicted molar refractivity (Wildman–Crippen MR) is 233 cm³/mol. The van der Waals surface area contributed by atoms with Gasteiger partial charge in [-0.1, -0.05) is 66.6 Å². The fraction of sp³-hybridized carbons (Fsp3) is 0.851. The van der Waals surface area contributed by atoms with E-state index < -0.39 is 105 Å². The van der Waals surface area contributed by atoms with Crippen molar-refractivity contribution in [3.63, 3.8) is 0 Å². The van der Waals surface area contributed by atoms with Crippen molar-refractivity contribution in [3.8, 4) is 0 Å². The van der Waals surface area contributed by atoms with Gasteiger partial charge in [0.1, 0.15) is 16.4 Å². The van der Waals surface area contributed by atoms with Gasteiger partial charge in [-0.05, 0) is 103 Å². The zero-order chi connectivity index (χ0) is 46.6. The number of hydrogen-bond acceptors (Lipinski definition) is 13. The highest BCUT2D eigenvalue weighted by Crippen LogP contribution is 2.54. The second-order valence-corrected chi connectivity index (χ2v) is 21.9. The lowest BCUT2D eigenvalue weighted by molar-refractivity contribution is -0.397. The van der Waals surface area contributed by atoms with Crippen molar-refractivity contribution in [1.29, 1.82) is 0 Å². The predicted octanol–water partition coefficient (Wildman–Crippen LogP) is 6.78. The summed E-state index contributed by atoms with van der Waals surface area (Å²) >= 11 is 0. The van der Waals surface area contributed by atoms with Crippen LogP contribution in [-0.2, 0) is 43.3 Å². The molecule has 358 valence electrons. The first-order valence-electron chi connectivity index (χ1n) is 23.6. The number of carboxylic acid groups (broad SMARTS) is 1. The van der Waals surface area contributed by atoms with E-state index in [2.05, 4.69) is 16.8 Å². The zero-order valence-electron chi connectivity index (χ0n) is 39.6. The van der Waals surface area contributed by atoms with Gasteiger partial charge < -0.3 is 43.5 Å². The van der Waals surface area contributed by atoms with Crippen molar-refractivity contribution in [3.05, 3.63) is 23.6 Å². The molecule has 5 aliphatic rings. The monoisotopic (exact) mass is 909 g/mol. The molecule has 0 bridgehead atoms. The average molecular weight is 909 g/mol. The number of aliphatic hydroxyl groups excluding tert-OH is 1. The number of sulfonamides is 1. The number of nitrogens with zero attached hydrogens (tertiary/aromatic N) is 1. The van der Waals surface area contributed by atoms with Gasteiger partial charge in [-0.25, -0.2) is 8.42 Å². The quantitative estimate of drug-likeness (QED) is 0.134. The summed E-state index contributed by atoms with van der Waals surface area (Å²) in [5, 5.41) is 36.9. The van der Waals surface area contributed by atoms with E-state index in [9.17, 15) is 33.3 Å². The van der Waals surface area contributed by atoms with Gasteiger partial charge in [0.15, 0.2) is 17.3 Å². The number of nitrogens with one attached hydrogen (secondary N) is 1. The summed E-state index contributed by atoms with van der Waals surface area (Å²) in [5.74, 6) is -6.64. The molecule has 4 fully saturated rings. The highest BCUT2D eigenvalue weighted by Gasteiger charge is 2.64. The van der Waals surface area contributed by atoms with Crippen molar-refractivity contribution in [1.82, 2.24) is 9.88 Å². The lowest BCUT2D eigenvalue weighted by Gasteiger charge is -2.55. The molecule has 0 aromatic carbocycles. The van der Waals surface area contributed by atoms with E-state index >= 15 is 0 Å². The van der Waals surface area contributed by atoms with E-state index in [-0.39, 0.29) is 46.3 Å². The maximum atomic E-state index is 14.7. The molecular weight excluding hydrogens is 833 g/mol. The molecule has 18 atom stereocenters. The molecule has 0 aliphatic carbocycles. The second kappa shape index (κ2) is 18.8. The summed E-state index contributed by atoms with van der Waals surface area (Å²) in [4.78, 5) is 26.7. The van der Waals surface area contributed by atoms with Crippen molar-refractivity contribution in [2.45, 2.75) is 218 Å². The Morgan fingerprint density at radius 3 is 2.21 bits per heavy atom. The number of carbonyl (C=O) groups is 2. The van der Waals surface area contributed by atoms with Crippen LogP contribution >= 0.6 is 0 Å². The lowest BCUT2D eigenvalue weighted by atomic mass is 9.72. The molecule has 6 heterocycles. The molecule has 5 aliphatic heterocycles. The first-order chi connectivity index (χ1) is 29.4. The molecule has 1 aromatic rings. The van der Waals surface area contributed by atoms with Gasteiger partial charge in [0.2, 0.25) is 10.0 Å². The molecule has 0 amide bonds. The van der Waals surface area contributed by atoms with Gasteiger partial charge in [-0.2, -0.15) is 4.72 Å². The highest BCUT2D eigenvalue weighted by atomic mass is 32.2. The minimum absolute atomic E-state index is 0.0591. The van der Waals surface area contributed by atoms with Gasteiger partial charge in [-0.15, -0.1) is 0 Å². The van der Waals surface area contributed by atoms with Crippen LogP contribution in [0, 0.1) is 55.3 Å². The fourth-order valence-electron chi connectivity index (χ4n) is 11.7. The van der Waals surface area contributed by atoms with Crippen molar-refractivity contribution < 1.29 is 61.5 Å². The number of carboxylic acids is 1. The third-order valence-corrected chi connectivity index (χ3v) is 17.7. The number of aromatic nitrogens is 1. The van der Waals surface area contributed by atoms with Crippen LogP contribution in [0.1, 0.15) is 145 Å². The summed E-state index contributed by atoms with van der Waals surface area (Å²) in [6, 6.07) is -1.02. The number of ether oxygens (including phenoxy) is 5. The van der Waals surface area contributed by atoms with Crippen LogP contribution < -0.4 is 4.72 Å². The number of aliphatic hydroxyl groups is 2. The number of hydrogen-bond donors (Lipinski definition) is 4. The third-order valence-electron chi connectivity index (χ3n) is 16.0. The van der Waals surface area contributed by atoms with E-state index in [1.807, 2.05) is 55.4 Å². The summed E-state index contributed by atoms with van der Waals surface area (Å²) in [6.07, 6.45) is 5.26. The number of Topliss-reactive ketones (excluding diaryl/α,β-unsaturated/α-hetero) is 1. The molecule has 63 heavy (non-hydrogen) atoms. The van der Waals surface area contributed by atoms with Crippen LogP contribution in [0.4, 0.5) is 0 Å². The van der Waals surface area contributed by atoms with Crippen molar-refractivity contribution in [2.24, 2.45) is 41.4 Å². The van der Waals surface area contributed by atoms with Crippen LogP contribution in [0.5, 0.6) is 0 Å². The molecule has 0 unspecified atom stereocenters. The molecule has 4 saturated heterocycles. The van der Waals surface area contributed by atoms with E-state index in [1.165, 1.54) is 0 Å². The van der Waals surface area contributed by atoms with E-state index in [0.29, 0.717) is 51.4 Å². The first kappa shape index (κ1) is 50.1. The van der Waals surface area contributed by atoms with Crippen LogP contribution in [0.2, 0.25) is 0 Å². The largest absolute Gasteiger partial charge is 0.481 e. The summed E-state index contributed by atoms with van der Waals surface area (Å²) in [5.41, 5.74) is -1.68. The van der Waals surface area contributed by atoms with E-state index in [1.54, 1.807) is 32.9 Å². The van der Waals surface area contributed by atoms with Crippen LogP contribution in [0.3, 0.4) is 0 Å². The summed E-state index contributed by atoms with van der Waals surface area (Å²) in [7, 11) is -4.21. The molecule has 16 heteroatoms. The van der Waals surface area contributed by atoms with Gasteiger partial charge in [-0.3, -0.25) is 9.59 Å². The second-order valence-electron chi connectivity index (χ2n) is 20.2. The third kappa shape index (κ3) is 9.37. The van der Waals surface area contributed by atoms with Gasteiger partial charge in [0, 0.05) is 30.1 Å². The van der Waals surface area contributed by atoms with Crippen molar-refractivity contribution >= 4 is 21.8 Å². The van der Waals surface area contributed by atoms with E-state index in [0.717, 1.165) is 6.42 Å². The average Bonchev–Trinajstić information content (AvgIpc) is 3.77. The Balaban J connectivity index is 1.28. The van der Waals surface area contributed by atoms with E-state index in [4.69, 9.17) is 28.2 Å². The number of rotatable bonds is 15. The molecule has 4 N–H and O–H groups in total. The Kier molecular flexibility index (Phi) is 14.9. The van der Waals surface area contributed by atoms with Gasteiger partial charge in [0.25, 0.3) is 0 Å². The number of ketones is 1. The van der Waals surface area contributed by atoms with Crippen LogP contribution in [0.15, 0.2) is 21.6 Å². The zero-order valence-corrected chi connectivity index (χ0v) is 40.4. The highest BCUT2D eigenvalue weighted by molar-refractivity contribution is 7.89. The Labute approximate surface area is 374 Å². The van der Waals surface area contributed by atoms with Crippen molar-refractivity contribution in [2.75, 3.05) is 0 Å². The number of carbonyl (C=O) groups excluding carboxylic acids is 1. The summed E-state index contributed by atoms with van der Waals surface area (Å²) in [6.45, 7) is 22.4. The molecule has 0 radical (unpaired) electrons.